The minimum atomic E-state index is -0.0556. The molecule has 0 fully saturated rings. The molecule has 0 unspecified atom stereocenters. The second-order valence-electron chi connectivity index (χ2n) is 2.52. The molecule has 1 aromatic carbocycles. The van der Waals surface area contributed by atoms with Gasteiger partial charge in [-0.25, -0.2) is 0 Å². The molecule has 0 heterocycles. The second-order valence-corrected chi connectivity index (χ2v) is 2.52. The first-order chi connectivity index (χ1) is 5.27. The van der Waals surface area contributed by atoms with Crippen LogP contribution in [-0.4, -0.2) is 10.9 Å². The van der Waals surface area contributed by atoms with E-state index in [9.17, 15) is 4.79 Å². The predicted octanol–water partition coefficient (Wildman–Crippen LogP) is 1.21. The van der Waals surface area contributed by atoms with Gasteiger partial charge in [0.1, 0.15) is 5.75 Å². The molecule has 0 aromatic heterocycles. The van der Waals surface area contributed by atoms with Crippen molar-refractivity contribution in [2.45, 2.75) is 6.42 Å². The first-order valence-corrected chi connectivity index (χ1v) is 3.37. The van der Waals surface area contributed by atoms with E-state index in [-0.39, 0.29) is 11.5 Å². The number of rotatable bonds is 0. The van der Waals surface area contributed by atoms with Gasteiger partial charge in [0.05, 0.1) is 6.42 Å². The van der Waals surface area contributed by atoms with Gasteiger partial charge < -0.3 is 5.11 Å². The molecule has 0 amide bonds. The summed E-state index contributed by atoms with van der Waals surface area (Å²) in [7, 11) is 0. The lowest BCUT2D eigenvalue weighted by atomic mass is 10.1. The van der Waals surface area contributed by atoms with Crippen LogP contribution in [0.1, 0.15) is 15.9 Å². The summed E-state index contributed by atoms with van der Waals surface area (Å²) < 4.78 is 0. The number of benzene rings is 1. The Kier molecular flexibility index (Phi) is 1.22. The Labute approximate surface area is 64.5 Å². The highest BCUT2D eigenvalue weighted by molar-refractivity contribution is 6.06. The van der Waals surface area contributed by atoms with Crippen LogP contribution in [0.15, 0.2) is 18.2 Å². The molecule has 2 radical (unpaired) electrons. The molecular weight excluding hydrogens is 140 g/mol. The lowest BCUT2D eigenvalue weighted by molar-refractivity contribution is 0.103. The summed E-state index contributed by atoms with van der Waals surface area (Å²) in [6, 6.07) is 4.75. The van der Waals surface area contributed by atoms with Gasteiger partial charge in [0.2, 0.25) is 0 Å². The molecule has 2 heteroatoms. The number of Topliss-reactive ketones (excluding diaryl/α,β-unsaturated/α-hetero) is 1. The summed E-state index contributed by atoms with van der Waals surface area (Å²) in [5.41, 5.74) is 1.54. The summed E-state index contributed by atoms with van der Waals surface area (Å²) in [4.78, 5) is 11.0. The van der Waals surface area contributed by atoms with Gasteiger partial charge in [-0.15, -0.1) is 0 Å². The standard InChI is InChI=1S/C9H6O2/c10-7-2-3-8-6(5-7)1-4-9(8)11/h2-3,5,10H,1H2. The smallest absolute Gasteiger partial charge is 0.171 e. The van der Waals surface area contributed by atoms with Crippen molar-refractivity contribution in [1.29, 1.82) is 0 Å². The number of ketones is 1. The van der Waals surface area contributed by atoms with Crippen molar-refractivity contribution >= 4 is 5.78 Å². The van der Waals surface area contributed by atoms with Crippen molar-refractivity contribution in [1.82, 2.24) is 0 Å². The minimum Gasteiger partial charge on any atom is -0.508 e. The van der Waals surface area contributed by atoms with Crippen LogP contribution in [0, 0.1) is 6.42 Å². The van der Waals surface area contributed by atoms with Crippen LogP contribution in [0.2, 0.25) is 0 Å². The Morgan fingerprint density at radius 2 is 2.27 bits per heavy atom. The average Bonchev–Trinajstić information content (AvgIpc) is 2.32. The Balaban J connectivity index is 2.59. The number of hydrogen-bond donors (Lipinski definition) is 1. The van der Waals surface area contributed by atoms with Gasteiger partial charge in [-0.1, -0.05) is 0 Å². The highest BCUT2D eigenvalue weighted by atomic mass is 16.3. The van der Waals surface area contributed by atoms with E-state index in [4.69, 9.17) is 5.11 Å². The van der Waals surface area contributed by atoms with Crippen LogP contribution in [-0.2, 0) is 6.42 Å². The quantitative estimate of drug-likeness (QED) is 0.597. The normalized spacial score (nSPS) is 15.1. The molecule has 11 heavy (non-hydrogen) atoms. The van der Waals surface area contributed by atoms with Crippen molar-refractivity contribution in [2.24, 2.45) is 0 Å². The molecule has 1 aliphatic carbocycles. The molecule has 0 saturated heterocycles. The maximum Gasteiger partial charge on any atom is 0.171 e. The van der Waals surface area contributed by atoms with Crippen LogP contribution in [0.5, 0.6) is 5.75 Å². The lowest BCUT2D eigenvalue weighted by Gasteiger charge is -1.96. The molecule has 0 aliphatic heterocycles. The summed E-state index contributed by atoms with van der Waals surface area (Å²) in [6.45, 7) is 0. The van der Waals surface area contributed by atoms with Gasteiger partial charge >= 0.3 is 0 Å². The summed E-state index contributed by atoms with van der Waals surface area (Å²) in [6.07, 6.45) is 3.19. The zero-order valence-electron chi connectivity index (χ0n) is 5.79. The number of phenols is 1. The Morgan fingerprint density at radius 1 is 1.45 bits per heavy atom. The van der Waals surface area contributed by atoms with Crippen molar-refractivity contribution < 1.29 is 9.90 Å². The second kappa shape index (κ2) is 2.09. The summed E-state index contributed by atoms with van der Waals surface area (Å²) in [5, 5.41) is 9.04. The van der Waals surface area contributed by atoms with E-state index in [2.05, 4.69) is 6.42 Å². The molecular formula is C9H6O2. The third-order valence-electron chi connectivity index (χ3n) is 1.77. The molecule has 2 rings (SSSR count). The first-order valence-electron chi connectivity index (χ1n) is 3.37. The molecule has 1 aromatic rings. The summed E-state index contributed by atoms with van der Waals surface area (Å²) in [5.74, 6) is 0.153. The fourth-order valence-corrected chi connectivity index (χ4v) is 1.22. The third kappa shape index (κ3) is 0.909. The van der Waals surface area contributed by atoms with E-state index in [1.165, 1.54) is 6.07 Å². The topological polar surface area (TPSA) is 37.3 Å². The molecule has 1 N–H and O–H groups in total. The van der Waals surface area contributed by atoms with Gasteiger partial charge in [0.15, 0.2) is 5.78 Å². The molecule has 1 aliphatic rings. The first kappa shape index (κ1) is 6.40. The van der Waals surface area contributed by atoms with Crippen molar-refractivity contribution in [3.8, 4) is 5.75 Å². The number of phenolic OH excluding ortho intramolecular Hbond substituents is 1. The predicted molar refractivity (Wildman–Crippen MR) is 39.4 cm³/mol. The van der Waals surface area contributed by atoms with Gasteiger partial charge in [0.25, 0.3) is 0 Å². The van der Waals surface area contributed by atoms with Crippen LogP contribution >= 0.6 is 0 Å². The van der Waals surface area contributed by atoms with E-state index in [1.54, 1.807) is 12.1 Å². The SMILES string of the molecule is O=C1[C]Cc2cc(O)ccc21. The van der Waals surface area contributed by atoms with Crippen LogP contribution in [0.3, 0.4) is 0 Å². The number of carbonyl (C=O) groups excluding carboxylic acids is 1. The highest BCUT2D eigenvalue weighted by Gasteiger charge is 2.19. The van der Waals surface area contributed by atoms with Crippen molar-refractivity contribution in [2.75, 3.05) is 0 Å². The largest absolute Gasteiger partial charge is 0.508 e. The molecule has 0 saturated carbocycles. The zero-order valence-corrected chi connectivity index (χ0v) is 5.79. The van der Waals surface area contributed by atoms with Crippen molar-refractivity contribution in [3.63, 3.8) is 0 Å². The molecule has 2 nitrogen and oxygen atoms in total. The van der Waals surface area contributed by atoms with Gasteiger partial charge in [0, 0.05) is 5.56 Å². The Hall–Kier alpha value is -1.31. The van der Waals surface area contributed by atoms with Crippen LogP contribution < -0.4 is 0 Å². The van der Waals surface area contributed by atoms with Gasteiger partial charge in [-0.05, 0) is 30.2 Å². The van der Waals surface area contributed by atoms with E-state index in [0.29, 0.717) is 12.0 Å². The number of fused-ring (bicyclic) bond motifs is 1. The van der Waals surface area contributed by atoms with Gasteiger partial charge in [-0.3, -0.25) is 4.79 Å². The zero-order chi connectivity index (χ0) is 7.84. The minimum absolute atomic E-state index is 0.0556. The average molecular weight is 146 g/mol. The number of carbonyl (C=O) groups is 1. The van der Waals surface area contributed by atoms with Crippen molar-refractivity contribution in [3.05, 3.63) is 35.7 Å². The van der Waals surface area contributed by atoms with Crippen LogP contribution in [0.25, 0.3) is 0 Å². The molecule has 0 atom stereocenters. The van der Waals surface area contributed by atoms with E-state index < -0.39 is 0 Å². The highest BCUT2D eigenvalue weighted by Crippen LogP contribution is 2.24. The molecule has 54 valence electrons. The lowest BCUT2D eigenvalue weighted by Crippen LogP contribution is -1.89. The van der Waals surface area contributed by atoms with Crippen LogP contribution in [0.4, 0.5) is 0 Å². The molecule has 0 spiro atoms. The fourth-order valence-electron chi connectivity index (χ4n) is 1.22. The maximum atomic E-state index is 11.0. The van der Waals surface area contributed by atoms with E-state index in [0.717, 1.165) is 5.56 Å². The summed E-state index contributed by atoms with van der Waals surface area (Å²) >= 11 is 0. The van der Waals surface area contributed by atoms with Gasteiger partial charge in [-0.2, -0.15) is 0 Å². The monoisotopic (exact) mass is 146 g/mol. The fraction of sp³-hybridized carbons (Fsp3) is 0.111. The third-order valence-corrected chi connectivity index (χ3v) is 1.77. The Morgan fingerprint density at radius 3 is 3.09 bits per heavy atom. The maximum absolute atomic E-state index is 11.0. The van der Waals surface area contributed by atoms with E-state index >= 15 is 0 Å². The number of hydrogen-bond acceptors (Lipinski definition) is 2. The molecule has 0 bridgehead atoms. The number of aromatic hydroxyl groups is 1. The van der Waals surface area contributed by atoms with E-state index in [1.807, 2.05) is 0 Å². The Bertz CT molecular complexity index is 315.